The van der Waals surface area contributed by atoms with Crippen molar-refractivity contribution in [1.29, 1.82) is 0 Å². The lowest BCUT2D eigenvalue weighted by Gasteiger charge is -2.06. The normalized spacial score (nSPS) is 9.65. The molecule has 0 unspecified atom stereocenters. The number of esters is 1. The molecule has 0 amide bonds. The number of carbonyl (C=O) groups excluding carboxylic acids is 1. The highest BCUT2D eigenvalue weighted by atomic mass is 35.5. The van der Waals surface area contributed by atoms with Crippen molar-refractivity contribution in [2.75, 3.05) is 7.11 Å². The van der Waals surface area contributed by atoms with Gasteiger partial charge in [-0.2, -0.15) is 0 Å². The molecule has 15 heteroatoms. The predicted molar refractivity (Wildman–Crippen MR) is 328 cm³/mol. The minimum absolute atomic E-state index is 0.0671. The second-order valence-electron chi connectivity index (χ2n) is 18.1. The first kappa shape index (κ1) is 65.9. The molecule has 8 N–H and O–H groups in total. The van der Waals surface area contributed by atoms with E-state index in [2.05, 4.69) is 0 Å². The molecule has 0 fully saturated rings. The van der Waals surface area contributed by atoms with Crippen LogP contribution >= 0.6 is 11.6 Å². The quantitative estimate of drug-likeness (QED) is 0.0496. The summed E-state index contributed by atoms with van der Waals surface area (Å²) in [6, 6.07) is 67.5. The molecule has 0 heterocycles. The molecule has 0 aliphatic carbocycles. The Morgan fingerprint density at radius 1 is 0.393 bits per heavy atom. The number of phenols is 7. The molecule has 84 heavy (non-hydrogen) atoms. The number of hydrogen-bond donors (Lipinski definition) is 8. The van der Waals surface area contributed by atoms with E-state index in [1.54, 1.807) is 135 Å². The monoisotopic (exact) mass is 1150 g/mol. The van der Waals surface area contributed by atoms with E-state index in [0.717, 1.165) is 44.3 Å². The number of benzene rings is 10. The zero-order valence-corrected chi connectivity index (χ0v) is 47.9. The third-order valence-corrected chi connectivity index (χ3v) is 11.8. The molecule has 0 saturated carbocycles. The van der Waals surface area contributed by atoms with Crippen LogP contribution in [-0.2, 0) is 6.61 Å². The van der Waals surface area contributed by atoms with Crippen LogP contribution in [0.15, 0.2) is 237 Å². The Balaban J connectivity index is 0.000000214. The number of aromatic hydroxyl groups is 7. The Hall–Kier alpha value is -10.6. The third kappa shape index (κ3) is 24.8. The van der Waals surface area contributed by atoms with E-state index in [1.807, 2.05) is 120 Å². The van der Waals surface area contributed by atoms with Crippen molar-refractivity contribution in [2.45, 2.75) is 41.2 Å². The van der Waals surface area contributed by atoms with E-state index < -0.39 is 11.9 Å². The summed E-state index contributed by atoms with van der Waals surface area (Å²) in [5.41, 5.74) is 6.22. The number of carboxylic acid groups (broad SMARTS) is 1. The van der Waals surface area contributed by atoms with Crippen molar-refractivity contribution in [1.82, 2.24) is 0 Å². The molecule has 0 aromatic heterocycles. The van der Waals surface area contributed by atoms with Crippen molar-refractivity contribution in [3.63, 3.8) is 0 Å². The molecule has 0 aliphatic rings. The summed E-state index contributed by atoms with van der Waals surface area (Å²) >= 11 is 5.84. The Kier molecular flexibility index (Phi) is 27.7. The summed E-state index contributed by atoms with van der Waals surface area (Å²) in [6.45, 7) is 10.1. The van der Waals surface area contributed by atoms with Gasteiger partial charge in [-0.1, -0.05) is 114 Å². The topological polar surface area (TPSA) is 233 Å². The summed E-state index contributed by atoms with van der Waals surface area (Å²) < 4.78 is 21.2. The fourth-order valence-electron chi connectivity index (χ4n) is 6.72. The van der Waals surface area contributed by atoms with Gasteiger partial charge in [0, 0.05) is 5.02 Å². The number of rotatable bonds is 9. The number of phenolic OH excluding ortho intramolecular Hbond substituents is 6. The van der Waals surface area contributed by atoms with Gasteiger partial charge in [-0.15, -0.1) is 0 Å². The molecule has 0 saturated heterocycles. The van der Waals surface area contributed by atoms with Crippen LogP contribution in [0.25, 0.3) is 0 Å². The van der Waals surface area contributed by atoms with Crippen molar-refractivity contribution >= 4 is 23.5 Å². The molecular weight excluding hydrogens is 1090 g/mol. The van der Waals surface area contributed by atoms with E-state index in [0.29, 0.717) is 35.4 Å². The number of hydrogen-bond acceptors (Lipinski definition) is 13. The molecule has 0 atom stereocenters. The molecular formula is C69H67ClO14. The van der Waals surface area contributed by atoms with Gasteiger partial charge in [0.05, 0.1) is 7.11 Å². The smallest absolute Gasteiger partial charge is 0.347 e. The molecule has 0 aliphatic heterocycles. The number of aryl methyl sites for hydroxylation is 5. The van der Waals surface area contributed by atoms with Crippen LogP contribution in [0.2, 0.25) is 5.02 Å². The maximum absolute atomic E-state index is 11.8. The van der Waals surface area contributed by atoms with Gasteiger partial charge >= 0.3 is 11.9 Å². The van der Waals surface area contributed by atoms with Crippen LogP contribution < -0.4 is 18.9 Å². The Morgan fingerprint density at radius 3 is 1.26 bits per heavy atom. The lowest BCUT2D eigenvalue weighted by molar-refractivity contribution is 0.0691. The zero-order valence-electron chi connectivity index (χ0n) is 47.1. The van der Waals surface area contributed by atoms with E-state index >= 15 is 0 Å². The Morgan fingerprint density at radius 2 is 0.810 bits per heavy atom. The minimum atomic E-state index is -1.11. The maximum Gasteiger partial charge on any atom is 0.347 e. The lowest BCUT2D eigenvalue weighted by atomic mass is 10.1. The predicted octanol–water partition coefficient (Wildman–Crippen LogP) is 16.2. The highest BCUT2D eigenvalue weighted by Crippen LogP contribution is 2.26. The summed E-state index contributed by atoms with van der Waals surface area (Å²) in [4.78, 5) is 22.0. The second-order valence-corrected chi connectivity index (χ2v) is 18.5. The van der Waals surface area contributed by atoms with Gasteiger partial charge in [0.2, 0.25) is 0 Å². The number of carbonyl (C=O) groups is 2. The van der Waals surface area contributed by atoms with Crippen molar-refractivity contribution in [3.05, 3.63) is 286 Å². The van der Waals surface area contributed by atoms with E-state index in [4.69, 9.17) is 66.3 Å². The van der Waals surface area contributed by atoms with Gasteiger partial charge in [-0.25, -0.2) is 9.59 Å². The molecule has 10 aromatic rings. The van der Waals surface area contributed by atoms with Gasteiger partial charge in [-0.05, 0) is 202 Å². The SMILES string of the molecule is COc1ccc(OC(=O)c2ccccc2O)cc1.Cc1cc(O)cc(C)c1Cl.Cc1ccc(C)c(O)c1.Cc1ccc(O)cc1.O=C(O)c1ccccc1O.Oc1ccc(OCc2ccccc2)cc1.Oc1ccc(Oc2ccccc2)cc1. The standard InChI is InChI=1S/C14H12O4.C13H12O2.C12H10O2.C8H9ClO.C8H10O.C7H6O3.C7H8O/c1-17-10-6-8-11(9-7-10)18-14(16)12-4-2-3-5-13(12)15;14-12-6-8-13(9-7-12)15-10-11-4-2-1-3-5-11;13-10-6-8-12(9-7-10)14-11-4-2-1-3-5-11;1-5-3-7(10)4-6(2)8(5)9;1-6-3-4-7(2)8(9)5-6;8-6-4-2-1-3-5(6)7(9)10;1-6-2-4-7(8)5-3-6/h2-9,15H,1H3;1-9,14H,10H2;1-9,13H;3-4,10H,1-2H3;3-5,9H,1-2H3;1-4,8H,(H,9,10);2-5,8H,1H3. The summed E-state index contributed by atoms with van der Waals surface area (Å²) in [5, 5.41) is 72.6. The second kappa shape index (κ2) is 35.2. The number of methoxy groups -OCH3 is 1. The Labute approximate surface area is 494 Å². The van der Waals surface area contributed by atoms with Gasteiger partial charge in [0.25, 0.3) is 0 Å². The van der Waals surface area contributed by atoms with Crippen LogP contribution in [-0.4, -0.2) is 59.9 Å². The van der Waals surface area contributed by atoms with Crippen LogP contribution in [0.3, 0.4) is 0 Å². The van der Waals surface area contributed by atoms with Gasteiger partial charge in [-0.3, -0.25) is 0 Å². The van der Waals surface area contributed by atoms with E-state index in [9.17, 15) is 14.7 Å². The average Bonchev–Trinajstić information content (AvgIpc) is 3.60. The first-order valence-corrected chi connectivity index (χ1v) is 26.2. The average molecular weight is 1160 g/mol. The van der Waals surface area contributed by atoms with Crippen LogP contribution in [0.4, 0.5) is 0 Å². The minimum Gasteiger partial charge on any atom is -0.508 e. The van der Waals surface area contributed by atoms with Gasteiger partial charge < -0.3 is 59.8 Å². The highest BCUT2D eigenvalue weighted by molar-refractivity contribution is 6.32. The van der Waals surface area contributed by atoms with Gasteiger partial charge in [0.15, 0.2) is 0 Å². The van der Waals surface area contributed by atoms with Gasteiger partial charge in [0.1, 0.15) is 86.7 Å². The lowest BCUT2D eigenvalue weighted by Crippen LogP contribution is -2.08. The first-order chi connectivity index (χ1) is 40.2. The molecule has 434 valence electrons. The Bertz CT molecular complexity index is 3500. The number of para-hydroxylation sites is 3. The number of ether oxygens (including phenoxy) is 4. The molecule has 10 rings (SSSR count). The van der Waals surface area contributed by atoms with E-state index in [-0.39, 0.29) is 39.9 Å². The third-order valence-electron chi connectivity index (χ3n) is 11.2. The maximum atomic E-state index is 11.8. The number of halogens is 1. The van der Waals surface area contributed by atoms with Crippen LogP contribution in [0.5, 0.6) is 69.0 Å². The first-order valence-electron chi connectivity index (χ1n) is 25.8. The number of carboxylic acids is 1. The zero-order chi connectivity index (χ0) is 61.4. The number of aromatic carboxylic acids is 1. The molecule has 10 aromatic carbocycles. The summed E-state index contributed by atoms with van der Waals surface area (Å²) in [6.07, 6.45) is 0. The molecule has 14 nitrogen and oxygen atoms in total. The molecule has 0 spiro atoms. The molecule has 0 bridgehead atoms. The van der Waals surface area contributed by atoms with Crippen molar-refractivity contribution in [3.8, 4) is 69.0 Å². The highest BCUT2D eigenvalue weighted by Gasteiger charge is 2.13. The fraction of sp³-hybridized carbons (Fsp3) is 0.101. The van der Waals surface area contributed by atoms with E-state index in [1.165, 1.54) is 29.8 Å². The molecule has 0 radical (unpaired) electrons. The largest absolute Gasteiger partial charge is 0.508 e. The van der Waals surface area contributed by atoms with Crippen molar-refractivity contribution < 1.29 is 69.4 Å². The summed E-state index contributed by atoms with van der Waals surface area (Å²) in [7, 11) is 1.56. The summed E-state index contributed by atoms with van der Waals surface area (Å²) in [5.74, 6) is 2.81. The van der Waals surface area contributed by atoms with Crippen LogP contribution in [0, 0.1) is 34.6 Å². The fourth-order valence-corrected chi connectivity index (χ4v) is 6.82. The van der Waals surface area contributed by atoms with Crippen LogP contribution in [0.1, 0.15) is 54.1 Å². The van der Waals surface area contributed by atoms with Crippen molar-refractivity contribution in [2.24, 2.45) is 0 Å².